The molecule has 3 aromatic rings. The first-order valence-electron chi connectivity index (χ1n) is 18.7. The molecular weight excluding hydrogens is 633 g/mol. The first kappa shape index (κ1) is 34.9. The Bertz CT molecular complexity index is 1980. The average Bonchev–Trinajstić information content (AvgIpc) is 3.12. The summed E-state index contributed by atoms with van der Waals surface area (Å²) in [5.41, 5.74) is 11.2. The van der Waals surface area contributed by atoms with Crippen molar-refractivity contribution in [2.24, 2.45) is 0 Å². The Morgan fingerprint density at radius 2 is 1.39 bits per heavy atom. The van der Waals surface area contributed by atoms with Crippen LogP contribution in [0.5, 0.6) is 0 Å². The highest BCUT2D eigenvalue weighted by Crippen LogP contribution is 2.42. The lowest BCUT2D eigenvalue weighted by Crippen LogP contribution is -2.44. The zero-order chi connectivity index (χ0) is 35.8. The minimum atomic E-state index is -0.417. The molecular formula is C45H51N2O4+. The van der Waals surface area contributed by atoms with Gasteiger partial charge in [-0.3, -0.25) is 4.79 Å². The largest absolute Gasteiger partial charge is 0.506 e. The van der Waals surface area contributed by atoms with Crippen LogP contribution in [0.3, 0.4) is 0 Å². The summed E-state index contributed by atoms with van der Waals surface area (Å²) in [4.78, 5) is 16.1. The van der Waals surface area contributed by atoms with Gasteiger partial charge < -0.3 is 19.8 Å². The van der Waals surface area contributed by atoms with Crippen LogP contribution in [0.2, 0.25) is 0 Å². The number of hydrogen-bond acceptors (Lipinski definition) is 5. The topological polar surface area (TPSA) is 73.0 Å². The minimum absolute atomic E-state index is 0.0313. The van der Waals surface area contributed by atoms with E-state index < -0.39 is 6.10 Å². The number of ether oxygens (including phenoxy) is 1. The summed E-state index contributed by atoms with van der Waals surface area (Å²) >= 11 is 0. The number of anilines is 2. The number of allylic oxidation sites excluding steroid dienone is 7. The lowest BCUT2D eigenvalue weighted by atomic mass is 9.80. The van der Waals surface area contributed by atoms with E-state index in [0.717, 1.165) is 73.3 Å². The second-order valence-corrected chi connectivity index (χ2v) is 14.9. The van der Waals surface area contributed by atoms with E-state index in [1.165, 1.54) is 23.1 Å². The van der Waals surface area contributed by atoms with Crippen molar-refractivity contribution in [3.05, 3.63) is 130 Å². The lowest BCUT2D eigenvalue weighted by Gasteiger charge is -2.41. The molecule has 4 aliphatic rings. The number of aliphatic hydroxyl groups is 2. The van der Waals surface area contributed by atoms with Crippen LogP contribution >= 0.6 is 0 Å². The number of Topliss-reactive ketones (excluding diaryl/α,β-unsaturated/α-hetero) is 1. The number of carbonyl (C=O) groups excluding carboxylic acids is 1. The van der Waals surface area contributed by atoms with Crippen LogP contribution in [-0.2, 0) is 9.53 Å². The quantitative estimate of drug-likeness (QED) is 0.192. The van der Waals surface area contributed by atoms with Crippen molar-refractivity contribution in [2.45, 2.75) is 103 Å². The summed E-state index contributed by atoms with van der Waals surface area (Å²) in [6.45, 7) is 8.49. The SMILES string of the molecule is COC1CCCCC1N(c1ccc(C2=C(O)C(=C3C=CC(=[N+](c4ccc(C)cc4C)C4CCCCC4O)C=C3)C2=O)cc1)c1ccc(C)cc1C. The first-order chi connectivity index (χ1) is 24.7. The van der Waals surface area contributed by atoms with Crippen LogP contribution in [0, 0.1) is 27.7 Å². The van der Waals surface area contributed by atoms with Crippen LogP contribution < -0.4 is 4.90 Å². The zero-order valence-corrected chi connectivity index (χ0v) is 30.7. The van der Waals surface area contributed by atoms with Gasteiger partial charge in [0.25, 0.3) is 0 Å². The molecule has 2 N–H and O–H groups in total. The van der Waals surface area contributed by atoms with Gasteiger partial charge in [0.05, 0.1) is 23.3 Å². The number of rotatable bonds is 7. The first-order valence-corrected chi connectivity index (χ1v) is 18.7. The van der Waals surface area contributed by atoms with Gasteiger partial charge in [0.2, 0.25) is 17.2 Å². The summed E-state index contributed by atoms with van der Waals surface area (Å²) in [7, 11) is 1.81. The predicted molar refractivity (Wildman–Crippen MR) is 207 cm³/mol. The molecule has 51 heavy (non-hydrogen) atoms. The number of hydrogen-bond donors (Lipinski definition) is 2. The van der Waals surface area contributed by atoms with E-state index in [0.29, 0.717) is 22.3 Å². The summed E-state index contributed by atoms with van der Waals surface area (Å²) in [5.74, 6) is -0.118. The third-order valence-corrected chi connectivity index (χ3v) is 11.3. The monoisotopic (exact) mass is 683 g/mol. The molecule has 0 amide bonds. The molecule has 0 radical (unpaired) electrons. The molecule has 0 heterocycles. The molecule has 0 spiro atoms. The van der Waals surface area contributed by atoms with Gasteiger partial charge in [-0.05, 0) is 106 Å². The summed E-state index contributed by atoms with van der Waals surface area (Å²) < 4.78 is 8.27. The molecule has 0 aliphatic heterocycles. The van der Waals surface area contributed by atoms with Crippen LogP contribution in [0.25, 0.3) is 5.57 Å². The van der Waals surface area contributed by atoms with Gasteiger partial charge in [-0.15, -0.1) is 0 Å². The van der Waals surface area contributed by atoms with Crippen LogP contribution in [0.1, 0.15) is 79.2 Å². The van der Waals surface area contributed by atoms with E-state index in [4.69, 9.17) is 4.74 Å². The standard InChI is InChI=1S/C45H50N2O4/c1-28-14-24-36(30(3)26-28)46(38-10-6-8-12-40(38)48)34-20-16-32(17-21-34)42-44(49)43(45(42)50)33-18-22-35(23-19-33)47(37-25-15-29(2)27-31(37)4)39-11-7-9-13-41(39)51-5/h14-27,38-41,48H,6-13H2,1-5H3/p+1. The Kier molecular flexibility index (Phi) is 10.00. The maximum Gasteiger partial charge on any atom is 0.208 e. The van der Waals surface area contributed by atoms with E-state index in [2.05, 4.69) is 85.7 Å². The van der Waals surface area contributed by atoms with Crippen LogP contribution in [0.4, 0.5) is 17.1 Å². The number of aliphatic hydroxyl groups excluding tert-OH is 2. The van der Waals surface area contributed by atoms with Gasteiger partial charge in [0, 0.05) is 48.7 Å². The number of aryl methyl sites for hydroxylation is 4. The van der Waals surface area contributed by atoms with Crippen molar-refractivity contribution < 1.29 is 24.3 Å². The number of ketones is 1. The van der Waals surface area contributed by atoms with Gasteiger partial charge in [-0.2, -0.15) is 4.58 Å². The Labute approximate surface area is 302 Å². The minimum Gasteiger partial charge on any atom is -0.506 e. The molecule has 4 unspecified atom stereocenters. The summed E-state index contributed by atoms with van der Waals surface area (Å²) in [5, 5.41) is 22.4. The van der Waals surface area contributed by atoms with Gasteiger partial charge in [-0.1, -0.05) is 60.7 Å². The molecule has 2 saturated carbocycles. The van der Waals surface area contributed by atoms with Gasteiger partial charge in [0.1, 0.15) is 11.9 Å². The highest BCUT2D eigenvalue weighted by molar-refractivity contribution is 6.39. The smallest absolute Gasteiger partial charge is 0.208 e. The average molecular weight is 684 g/mol. The third-order valence-electron chi connectivity index (χ3n) is 11.3. The van der Waals surface area contributed by atoms with Crippen LogP contribution in [0.15, 0.2) is 102 Å². The lowest BCUT2D eigenvalue weighted by molar-refractivity contribution is -0.501. The van der Waals surface area contributed by atoms with Gasteiger partial charge in [0.15, 0.2) is 6.04 Å². The van der Waals surface area contributed by atoms with E-state index in [1.807, 2.05) is 43.5 Å². The predicted octanol–water partition coefficient (Wildman–Crippen LogP) is 9.38. The number of nitrogens with zero attached hydrogens (tertiary/aromatic N) is 2. The Morgan fingerprint density at radius 1 is 0.745 bits per heavy atom. The summed E-state index contributed by atoms with van der Waals surface area (Å²) in [6, 6.07) is 21.2. The highest BCUT2D eigenvalue weighted by Gasteiger charge is 2.39. The van der Waals surface area contributed by atoms with E-state index in [9.17, 15) is 15.0 Å². The molecule has 4 atom stereocenters. The maximum absolute atomic E-state index is 13.7. The summed E-state index contributed by atoms with van der Waals surface area (Å²) in [6.07, 6.45) is 15.8. The Balaban J connectivity index is 1.20. The molecule has 6 nitrogen and oxygen atoms in total. The normalized spacial score (nSPS) is 23.5. The number of methoxy groups -OCH3 is 1. The van der Waals surface area contributed by atoms with Crippen LogP contribution in [-0.4, -0.2) is 57.7 Å². The molecule has 0 aromatic heterocycles. The van der Waals surface area contributed by atoms with Crippen molar-refractivity contribution in [3.63, 3.8) is 0 Å². The fraction of sp³-hybridized carbons (Fsp3) is 0.378. The van der Waals surface area contributed by atoms with Gasteiger partial charge in [-0.25, -0.2) is 0 Å². The fourth-order valence-corrected chi connectivity index (χ4v) is 8.73. The Morgan fingerprint density at radius 3 is 2.04 bits per heavy atom. The molecule has 6 heteroatoms. The second-order valence-electron chi connectivity index (χ2n) is 14.9. The van der Waals surface area contributed by atoms with E-state index in [1.54, 1.807) is 0 Å². The van der Waals surface area contributed by atoms with Crippen molar-refractivity contribution in [1.82, 2.24) is 0 Å². The number of benzene rings is 3. The van der Waals surface area contributed by atoms with Crippen molar-refractivity contribution in [1.29, 1.82) is 0 Å². The van der Waals surface area contributed by atoms with Crippen molar-refractivity contribution in [3.8, 4) is 0 Å². The fourth-order valence-electron chi connectivity index (χ4n) is 8.73. The Hall–Kier alpha value is -4.52. The number of carbonyl (C=O) groups is 1. The molecule has 7 rings (SSSR count). The third kappa shape index (κ3) is 6.68. The molecule has 0 bridgehead atoms. The molecule has 264 valence electrons. The zero-order valence-electron chi connectivity index (χ0n) is 30.7. The van der Waals surface area contributed by atoms with Gasteiger partial charge >= 0.3 is 0 Å². The van der Waals surface area contributed by atoms with E-state index >= 15 is 0 Å². The molecule has 3 aromatic carbocycles. The van der Waals surface area contributed by atoms with E-state index in [-0.39, 0.29) is 29.7 Å². The van der Waals surface area contributed by atoms with Crippen molar-refractivity contribution in [2.75, 3.05) is 12.0 Å². The highest BCUT2D eigenvalue weighted by atomic mass is 16.5. The molecule has 2 fully saturated rings. The molecule has 0 saturated heterocycles. The van der Waals surface area contributed by atoms with Crippen molar-refractivity contribution >= 4 is 34.1 Å². The maximum atomic E-state index is 13.7. The second kappa shape index (κ2) is 14.6. The molecule has 4 aliphatic carbocycles.